The van der Waals surface area contributed by atoms with Gasteiger partial charge in [-0.25, -0.2) is 0 Å². The summed E-state index contributed by atoms with van der Waals surface area (Å²) in [5, 5.41) is 0. The maximum atomic E-state index is 11.6. The van der Waals surface area contributed by atoms with E-state index in [1.54, 1.807) is 0 Å². The number of allylic oxidation sites excluding steroid dienone is 2. The van der Waals surface area contributed by atoms with Gasteiger partial charge in [0.25, 0.3) is 0 Å². The van der Waals surface area contributed by atoms with E-state index in [4.69, 9.17) is 5.73 Å². The monoisotopic (exact) mass is 337 g/mol. The van der Waals surface area contributed by atoms with E-state index in [2.05, 4.69) is 26.0 Å². The summed E-state index contributed by atoms with van der Waals surface area (Å²) in [4.78, 5) is 11.6. The van der Waals surface area contributed by atoms with Gasteiger partial charge >= 0.3 is 0 Å². The highest BCUT2D eigenvalue weighted by atomic mass is 16.1. The SMILES string of the molecule is CCCCCCCCC=CCCCCCCC(C)(CCC)C(N)=O. The number of nitrogens with two attached hydrogens (primary N) is 1. The summed E-state index contributed by atoms with van der Waals surface area (Å²) in [6.07, 6.45) is 23.2. The van der Waals surface area contributed by atoms with Gasteiger partial charge in [0.15, 0.2) is 0 Å². The second-order valence-electron chi connectivity index (χ2n) is 7.66. The zero-order chi connectivity index (χ0) is 18.1. The number of primary amides is 1. The molecule has 0 saturated heterocycles. The third kappa shape index (κ3) is 12.6. The minimum Gasteiger partial charge on any atom is -0.369 e. The van der Waals surface area contributed by atoms with Crippen LogP contribution in [0.3, 0.4) is 0 Å². The largest absolute Gasteiger partial charge is 0.369 e. The highest BCUT2D eigenvalue weighted by molar-refractivity contribution is 5.80. The van der Waals surface area contributed by atoms with Crippen LogP contribution in [0.2, 0.25) is 0 Å². The maximum Gasteiger partial charge on any atom is 0.223 e. The lowest BCUT2D eigenvalue weighted by Gasteiger charge is -2.25. The van der Waals surface area contributed by atoms with Crippen molar-refractivity contribution in [3.8, 4) is 0 Å². The Morgan fingerprint density at radius 2 is 1.25 bits per heavy atom. The van der Waals surface area contributed by atoms with Crippen molar-refractivity contribution in [2.45, 2.75) is 117 Å². The smallest absolute Gasteiger partial charge is 0.223 e. The molecule has 0 bridgehead atoms. The van der Waals surface area contributed by atoms with Gasteiger partial charge in [-0.1, -0.05) is 90.7 Å². The molecule has 0 fully saturated rings. The highest BCUT2D eigenvalue weighted by Crippen LogP contribution is 2.29. The van der Waals surface area contributed by atoms with Gasteiger partial charge < -0.3 is 5.73 Å². The number of hydrogen-bond donors (Lipinski definition) is 1. The first-order chi connectivity index (χ1) is 11.6. The summed E-state index contributed by atoms with van der Waals surface area (Å²) in [6, 6.07) is 0. The summed E-state index contributed by atoms with van der Waals surface area (Å²) >= 11 is 0. The van der Waals surface area contributed by atoms with Crippen molar-refractivity contribution in [1.82, 2.24) is 0 Å². The number of amides is 1. The number of unbranched alkanes of at least 4 members (excludes halogenated alkanes) is 10. The molecule has 1 unspecified atom stereocenters. The van der Waals surface area contributed by atoms with Gasteiger partial charge in [0.05, 0.1) is 0 Å². The van der Waals surface area contributed by atoms with Crippen LogP contribution in [0.5, 0.6) is 0 Å². The zero-order valence-corrected chi connectivity index (χ0v) is 16.7. The number of rotatable bonds is 17. The molecule has 0 rings (SSSR count). The Morgan fingerprint density at radius 1 is 0.750 bits per heavy atom. The Labute approximate surface area is 151 Å². The molecule has 0 spiro atoms. The molecular formula is C22H43NO. The molecule has 0 aliphatic heterocycles. The molecule has 2 heteroatoms. The molecule has 0 aromatic rings. The van der Waals surface area contributed by atoms with Gasteiger partial charge in [0.1, 0.15) is 0 Å². The highest BCUT2D eigenvalue weighted by Gasteiger charge is 2.28. The number of carbonyl (C=O) groups excluding carboxylic acids is 1. The molecule has 0 aromatic heterocycles. The van der Waals surface area contributed by atoms with Crippen molar-refractivity contribution in [2.75, 3.05) is 0 Å². The van der Waals surface area contributed by atoms with E-state index in [0.717, 1.165) is 25.7 Å². The molecule has 142 valence electrons. The molecule has 0 aliphatic carbocycles. The van der Waals surface area contributed by atoms with Crippen LogP contribution in [-0.2, 0) is 4.79 Å². The van der Waals surface area contributed by atoms with Crippen molar-refractivity contribution < 1.29 is 4.79 Å². The zero-order valence-electron chi connectivity index (χ0n) is 16.7. The molecule has 0 aliphatic rings. The van der Waals surface area contributed by atoms with E-state index in [-0.39, 0.29) is 11.3 Å². The van der Waals surface area contributed by atoms with Gasteiger partial charge in [-0.15, -0.1) is 0 Å². The van der Waals surface area contributed by atoms with E-state index in [0.29, 0.717) is 0 Å². The van der Waals surface area contributed by atoms with Gasteiger partial charge in [-0.05, 0) is 38.5 Å². The van der Waals surface area contributed by atoms with Crippen LogP contribution in [0.15, 0.2) is 12.2 Å². The van der Waals surface area contributed by atoms with Crippen molar-refractivity contribution in [3.63, 3.8) is 0 Å². The Balaban J connectivity index is 3.47. The third-order valence-electron chi connectivity index (χ3n) is 5.14. The first-order valence-corrected chi connectivity index (χ1v) is 10.5. The molecule has 0 radical (unpaired) electrons. The van der Waals surface area contributed by atoms with Crippen LogP contribution in [-0.4, -0.2) is 5.91 Å². The number of carbonyl (C=O) groups is 1. The summed E-state index contributed by atoms with van der Waals surface area (Å²) in [6.45, 7) is 6.42. The maximum absolute atomic E-state index is 11.6. The van der Waals surface area contributed by atoms with E-state index >= 15 is 0 Å². The minimum atomic E-state index is -0.286. The van der Waals surface area contributed by atoms with E-state index in [1.807, 2.05) is 6.92 Å². The Kier molecular flexibility index (Phi) is 15.2. The minimum absolute atomic E-state index is 0.123. The fourth-order valence-electron chi connectivity index (χ4n) is 3.33. The first kappa shape index (κ1) is 23.2. The molecule has 0 aromatic carbocycles. The molecule has 1 amide bonds. The fourth-order valence-corrected chi connectivity index (χ4v) is 3.33. The second kappa shape index (κ2) is 15.7. The number of hydrogen-bond acceptors (Lipinski definition) is 1. The lowest BCUT2D eigenvalue weighted by molar-refractivity contribution is -0.127. The third-order valence-corrected chi connectivity index (χ3v) is 5.14. The Hall–Kier alpha value is -0.790. The van der Waals surface area contributed by atoms with Crippen molar-refractivity contribution >= 4 is 5.91 Å². The molecular weight excluding hydrogens is 294 g/mol. The molecule has 2 N–H and O–H groups in total. The van der Waals surface area contributed by atoms with Gasteiger partial charge in [0.2, 0.25) is 5.91 Å². The van der Waals surface area contributed by atoms with Crippen molar-refractivity contribution in [2.24, 2.45) is 11.1 Å². The molecule has 0 saturated carbocycles. The van der Waals surface area contributed by atoms with E-state index in [1.165, 1.54) is 70.6 Å². The van der Waals surface area contributed by atoms with Crippen LogP contribution < -0.4 is 5.73 Å². The summed E-state index contributed by atoms with van der Waals surface area (Å²) in [5.74, 6) is -0.123. The van der Waals surface area contributed by atoms with Crippen molar-refractivity contribution in [1.29, 1.82) is 0 Å². The average molecular weight is 338 g/mol. The predicted molar refractivity (Wildman–Crippen MR) is 107 cm³/mol. The Bertz CT molecular complexity index is 324. The normalized spacial score (nSPS) is 14.1. The topological polar surface area (TPSA) is 43.1 Å². The summed E-state index contributed by atoms with van der Waals surface area (Å²) < 4.78 is 0. The van der Waals surface area contributed by atoms with E-state index in [9.17, 15) is 4.79 Å². The standard InChI is InChI=1S/C22H43NO/c1-4-6-7-8-9-10-11-12-13-14-15-16-17-18-20-22(3,19-5-2)21(23)24/h12-13H,4-11,14-20H2,1-3H3,(H2,23,24). The fraction of sp³-hybridized carbons (Fsp3) is 0.864. The summed E-state index contributed by atoms with van der Waals surface area (Å²) in [5.41, 5.74) is 5.28. The second-order valence-corrected chi connectivity index (χ2v) is 7.66. The van der Waals surface area contributed by atoms with Crippen LogP contribution in [0.25, 0.3) is 0 Å². The van der Waals surface area contributed by atoms with Crippen molar-refractivity contribution in [3.05, 3.63) is 12.2 Å². The molecule has 0 heterocycles. The molecule has 24 heavy (non-hydrogen) atoms. The van der Waals surface area contributed by atoms with Gasteiger partial charge in [-0.3, -0.25) is 4.79 Å². The summed E-state index contributed by atoms with van der Waals surface area (Å²) in [7, 11) is 0. The predicted octanol–water partition coefficient (Wildman–Crippen LogP) is 6.93. The lowest BCUT2D eigenvalue weighted by Crippen LogP contribution is -2.34. The molecule has 2 nitrogen and oxygen atoms in total. The Morgan fingerprint density at radius 3 is 1.75 bits per heavy atom. The van der Waals surface area contributed by atoms with Gasteiger partial charge in [-0.2, -0.15) is 0 Å². The van der Waals surface area contributed by atoms with Gasteiger partial charge in [0, 0.05) is 5.41 Å². The van der Waals surface area contributed by atoms with Crippen LogP contribution in [0.4, 0.5) is 0 Å². The molecule has 1 atom stereocenters. The van der Waals surface area contributed by atoms with Crippen LogP contribution >= 0.6 is 0 Å². The first-order valence-electron chi connectivity index (χ1n) is 10.5. The van der Waals surface area contributed by atoms with Crippen LogP contribution in [0.1, 0.15) is 117 Å². The lowest BCUT2D eigenvalue weighted by atomic mass is 9.80. The van der Waals surface area contributed by atoms with Crippen LogP contribution in [0, 0.1) is 5.41 Å². The quantitative estimate of drug-likeness (QED) is 0.227. The van der Waals surface area contributed by atoms with E-state index < -0.39 is 0 Å². The average Bonchev–Trinajstić information content (AvgIpc) is 2.55.